The summed E-state index contributed by atoms with van der Waals surface area (Å²) in [6, 6.07) is 3.07. The number of nitrogens with one attached hydrogen (secondary N) is 1. The van der Waals surface area contributed by atoms with E-state index in [2.05, 4.69) is 10.5 Å². The van der Waals surface area contributed by atoms with E-state index in [1.54, 1.807) is 7.11 Å². The molecular formula is C21H25F2N3O5S. The fourth-order valence-corrected chi connectivity index (χ4v) is 5.23. The highest BCUT2D eigenvalue weighted by Crippen LogP contribution is 2.29. The maximum Gasteiger partial charge on any atom is 0.248 e. The summed E-state index contributed by atoms with van der Waals surface area (Å²) in [7, 11) is -2.41. The van der Waals surface area contributed by atoms with Gasteiger partial charge in [-0.1, -0.05) is 5.16 Å². The second-order valence-electron chi connectivity index (χ2n) is 7.42. The van der Waals surface area contributed by atoms with E-state index < -0.39 is 21.7 Å². The molecule has 1 N–H and O–H groups in total. The lowest BCUT2D eigenvalue weighted by Crippen LogP contribution is -2.43. The number of methoxy groups -OCH3 is 1. The number of amides is 1. The highest BCUT2D eigenvalue weighted by Gasteiger charge is 2.35. The second kappa shape index (κ2) is 10.3. The van der Waals surface area contributed by atoms with E-state index in [0.717, 1.165) is 12.1 Å². The lowest BCUT2D eigenvalue weighted by Gasteiger charge is -2.30. The number of aromatic nitrogens is 1. The number of piperidine rings is 1. The van der Waals surface area contributed by atoms with Crippen LogP contribution in [0.4, 0.5) is 8.78 Å². The first-order valence-electron chi connectivity index (χ1n) is 10.1. The van der Waals surface area contributed by atoms with Gasteiger partial charge in [-0.3, -0.25) is 4.79 Å². The molecule has 11 heteroatoms. The van der Waals surface area contributed by atoms with E-state index in [-0.39, 0.29) is 46.8 Å². The number of aryl methyl sites for hydroxylation is 1. The Hall–Kier alpha value is -2.63. The Bertz CT molecular complexity index is 1090. The first-order chi connectivity index (χ1) is 15.2. The van der Waals surface area contributed by atoms with Gasteiger partial charge >= 0.3 is 0 Å². The lowest BCUT2D eigenvalue weighted by atomic mass is 9.97. The predicted molar refractivity (Wildman–Crippen MR) is 113 cm³/mol. The van der Waals surface area contributed by atoms with Crippen molar-refractivity contribution in [3.8, 4) is 0 Å². The van der Waals surface area contributed by atoms with Crippen LogP contribution in [0.3, 0.4) is 0 Å². The summed E-state index contributed by atoms with van der Waals surface area (Å²) >= 11 is 0. The van der Waals surface area contributed by atoms with Crippen molar-refractivity contribution in [1.29, 1.82) is 0 Å². The minimum absolute atomic E-state index is 0.0503. The summed E-state index contributed by atoms with van der Waals surface area (Å²) < 4.78 is 64.8. The van der Waals surface area contributed by atoms with Gasteiger partial charge in [-0.25, -0.2) is 17.2 Å². The minimum Gasteiger partial charge on any atom is -0.383 e. The molecule has 3 rings (SSSR count). The van der Waals surface area contributed by atoms with Crippen molar-refractivity contribution in [2.24, 2.45) is 5.92 Å². The second-order valence-corrected chi connectivity index (χ2v) is 9.30. The van der Waals surface area contributed by atoms with Gasteiger partial charge in [-0.15, -0.1) is 0 Å². The Morgan fingerprint density at radius 2 is 2.03 bits per heavy atom. The van der Waals surface area contributed by atoms with Gasteiger partial charge in [0, 0.05) is 44.3 Å². The van der Waals surface area contributed by atoms with Crippen molar-refractivity contribution in [2.45, 2.75) is 24.7 Å². The molecule has 1 aliphatic heterocycles. The third-order valence-corrected chi connectivity index (χ3v) is 7.30. The summed E-state index contributed by atoms with van der Waals surface area (Å²) in [5.74, 6) is -1.94. The van der Waals surface area contributed by atoms with Gasteiger partial charge in [0.05, 0.1) is 6.61 Å². The number of sulfonamides is 1. The van der Waals surface area contributed by atoms with Crippen molar-refractivity contribution in [3.63, 3.8) is 0 Å². The number of carbonyl (C=O) groups is 1. The maximum atomic E-state index is 13.9. The third kappa shape index (κ3) is 5.40. The maximum absolute atomic E-state index is 13.9. The fourth-order valence-electron chi connectivity index (χ4n) is 3.51. The minimum atomic E-state index is -3.95. The van der Waals surface area contributed by atoms with Gasteiger partial charge in [-0.05, 0) is 44.1 Å². The van der Waals surface area contributed by atoms with Gasteiger partial charge in [0.1, 0.15) is 17.3 Å². The molecule has 1 aromatic carbocycles. The molecule has 1 amide bonds. The molecule has 2 aromatic rings. The summed E-state index contributed by atoms with van der Waals surface area (Å²) in [6.45, 7) is 2.65. The Morgan fingerprint density at radius 3 is 2.69 bits per heavy atom. The number of benzene rings is 1. The zero-order chi connectivity index (χ0) is 23.3. The molecular weight excluding hydrogens is 444 g/mol. The van der Waals surface area contributed by atoms with E-state index in [1.807, 2.05) is 0 Å². The van der Waals surface area contributed by atoms with Gasteiger partial charge in [0.25, 0.3) is 0 Å². The molecule has 32 heavy (non-hydrogen) atoms. The highest BCUT2D eigenvalue weighted by atomic mass is 32.2. The van der Waals surface area contributed by atoms with Crippen molar-refractivity contribution in [1.82, 2.24) is 14.8 Å². The van der Waals surface area contributed by atoms with Crippen molar-refractivity contribution < 1.29 is 31.3 Å². The summed E-state index contributed by atoms with van der Waals surface area (Å²) in [5, 5.41) is 6.52. The number of ether oxygens (including phenoxy) is 1. The van der Waals surface area contributed by atoms with Crippen LogP contribution in [-0.2, 0) is 19.6 Å². The van der Waals surface area contributed by atoms with E-state index in [1.165, 1.54) is 29.4 Å². The van der Waals surface area contributed by atoms with Crippen LogP contribution in [0.25, 0.3) is 12.2 Å². The van der Waals surface area contributed by atoms with Crippen LogP contribution >= 0.6 is 0 Å². The topological polar surface area (TPSA) is 102 Å². The first kappa shape index (κ1) is 24.0. The zero-order valence-corrected chi connectivity index (χ0v) is 18.6. The molecule has 8 nitrogen and oxygen atoms in total. The molecule has 1 aromatic heterocycles. The Labute approximate surface area is 185 Å². The average molecular weight is 470 g/mol. The number of halogens is 2. The van der Waals surface area contributed by atoms with E-state index in [0.29, 0.717) is 26.0 Å². The fraction of sp³-hybridized carbons (Fsp3) is 0.429. The Morgan fingerprint density at radius 1 is 1.31 bits per heavy atom. The molecule has 1 saturated heterocycles. The first-order valence-corrected chi connectivity index (χ1v) is 11.5. The quantitative estimate of drug-likeness (QED) is 0.597. The monoisotopic (exact) mass is 469 g/mol. The molecule has 0 atom stereocenters. The molecule has 2 heterocycles. The van der Waals surface area contributed by atoms with E-state index in [9.17, 15) is 22.0 Å². The average Bonchev–Trinajstić information content (AvgIpc) is 3.14. The van der Waals surface area contributed by atoms with Gasteiger partial charge in [-0.2, -0.15) is 4.31 Å². The molecule has 0 unspecified atom stereocenters. The van der Waals surface area contributed by atoms with Crippen LogP contribution in [0.5, 0.6) is 0 Å². The van der Waals surface area contributed by atoms with Crippen molar-refractivity contribution >= 4 is 28.1 Å². The molecule has 1 aliphatic rings. The van der Waals surface area contributed by atoms with E-state index >= 15 is 0 Å². The molecule has 174 valence electrons. The number of hydrogen-bond donors (Lipinski definition) is 1. The normalized spacial score (nSPS) is 16.0. The third-order valence-electron chi connectivity index (χ3n) is 5.24. The number of carbonyl (C=O) groups excluding carboxylic acids is 1. The van der Waals surface area contributed by atoms with Crippen LogP contribution in [0.15, 0.2) is 27.6 Å². The number of nitrogens with zero attached hydrogens (tertiary/aromatic N) is 2. The Kier molecular flexibility index (Phi) is 7.75. The Balaban J connectivity index is 1.73. The van der Waals surface area contributed by atoms with Crippen LogP contribution in [-0.4, -0.2) is 57.1 Å². The standard InChI is InChI=1S/C21H25F2N3O5S/c1-14-20(19(31-25-14)6-4-15-3-5-17(22)13-18(15)23)32(28,29)26-10-7-16(8-11-26)21(27)24-9-12-30-2/h3-6,13,16H,7-12H2,1-2H3,(H,24,27). The largest absolute Gasteiger partial charge is 0.383 e. The molecule has 0 radical (unpaired) electrons. The number of hydrogen-bond acceptors (Lipinski definition) is 6. The SMILES string of the molecule is COCCNC(=O)C1CCN(S(=O)(=O)c2c(C)noc2C=Cc2ccc(F)cc2F)CC1. The van der Waals surface area contributed by atoms with Gasteiger partial charge in [0.2, 0.25) is 15.9 Å². The summed E-state index contributed by atoms with van der Waals surface area (Å²) in [5.41, 5.74) is 0.243. The molecule has 1 fully saturated rings. The molecule has 0 saturated carbocycles. The summed E-state index contributed by atoms with van der Waals surface area (Å²) in [4.78, 5) is 12.1. The van der Waals surface area contributed by atoms with Crippen LogP contribution in [0.2, 0.25) is 0 Å². The number of rotatable bonds is 8. The van der Waals surface area contributed by atoms with Crippen LogP contribution in [0.1, 0.15) is 29.9 Å². The highest BCUT2D eigenvalue weighted by molar-refractivity contribution is 7.89. The smallest absolute Gasteiger partial charge is 0.248 e. The molecule has 0 spiro atoms. The van der Waals surface area contributed by atoms with E-state index in [4.69, 9.17) is 9.26 Å². The molecule has 0 bridgehead atoms. The van der Waals surface area contributed by atoms with Crippen LogP contribution in [0, 0.1) is 24.5 Å². The summed E-state index contributed by atoms with van der Waals surface area (Å²) in [6.07, 6.45) is 3.35. The van der Waals surface area contributed by atoms with Gasteiger partial charge in [0.15, 0.2) is 10.7 Å². The lowest BCUT2D eigenvalue weighted by molar-refractivity contribution is -0.126. The van der Waals surface area contributed by atoms with Crippen molar-refractivity contribution in [2.75, 3.05) is 33.4 Å². The van der Waals surface area contributed by atoms with Crippen LogP contribution < -0.4 is 5.32 Å². The molecule has 0 aliphatic carbocycles. The predicted octanol–water partition coefficient (Wildman–Crippen LogP) is 2.59. The van der Waals surface area contributed by atoms with Crippen molar-refractivity contribution in [3.05, 3.63) is 46.9 Å². The zero-order valence-electron chi connectivity index (χ0n) is 17.8. The van der Waals surface area contributed by atoms with Gasteiger partial charge < -0.3 is 14.6 Å².